The van der Waals surface area contributed by atoms with Gasteiger partial charge in [-0.2, -0.15) is 0 Å². The number of hydrogen-bond donors (Lipinski definition) is 2. The molecule has 0 aliphatic heterocycles. The minimum Gasteiger partial charge on any atom is -0.508 e. The molecule has 1 rings (SSSR count). The van der Waals surface area contributed by atoms with Gasteiger partial charge in [-0.15, -0.1) is 0 Å². The summed E-state index contributed by atoms with van der Waals surface area (Å²) in [5.74, 6) is -0.115. The molecule has 0 unspecified atom stereocenters. The van der Waals surface area contributed by atoms with Crippen LogP contribution in [-0.2, 0) is 4.74 Å². The van der Waals surface area contributed by atoms with Gasteiger partial charge in [-0.3, -0.25) is 4.79 Å². The fourth-order valence-electron chi connectivity index (χ4n) is 1.58. The van der Waals surface area contributed by atoms with Gasteiger partial charge in [0.15, 0.2) is 0 Å². The van der Waals surface area contributed by atoms with Crippen LogP contribution in [-0.4, -0.2) is 47.7 Å². The van der Waals surface area contributed by atoms with Gasteiger partial charge in [0, 0.05) is 32.2 Å². The van der Waals surface area contributed by atoms with Gasteiger partial charge in [-0.05, 0) is 18.2 Å². The van der Waals surface area contributed by atoms with Crippen molar-refractivity contribution in [3.8, 4) is 5.75 Å². The monoisotopic (exact) mass is 282 g/mol. The zero-order valence-electron chi connectivity index (χ0n) is 10.8. The van der Waals surface area contributed by atoms with Crippen molar-refractivity contribution in [3.05, 3.63) is 29.8 Å². The van der Waals surface area contributed by atoms with E-state index in [1.807, 2.05) is 0 Å². The molecule has 0 radical (unpaired) electrons. The van der Waals surface area contributed by atoms with Gasteiger partial charge in [-0.25, -0.2) is 0 Å². The highest BCUT2D eigenvalue weighted by Crippen LogP contribution is 2.13. The number of carbonyl (C=O) groups is 1. The van der Waals surface area contributed by atoms with Crippen LogP contribution in [0.2, 0.25) is 0 Å². The normalized spacial score (nSPS) is 10.2. The quantitative estimate of drug-likeness (QED) is 0.734. The molecule has 19 heavy (non-hydrogen) atoms. The summed E-state index contributed by atoms with van der Waals surface area (Å²) < 4.78 is 4.98. The van der Waals surface area contributed by atoms with Crippen molar-refractivity contribution in [1.29, 1.82) is 0 Å². The number of phenols is 1. The standard InChI is InChI=1S/C13H18N2O3S/c1-18-8-7-15(6-5-12(14)19)13(17)10-3-2-4-11(16)9-10/h2-4,9,16H,5-8H2,1H3,(H2,14,19). The van der Waals surface area contributed by atoms with Gasteiger partial charge in [0.2, 0.25) is 0 Å². The molecule has 6 heteroatoms. The maximum atomic E-state index is 12.3. The number of amides is 1. The number of ether oxygens (including phenoxy) is 1. The molecule has 0 aromatic heterocycles. The van der Waals surface area contributed by atoms with Crippen molar-refractivity contribution >= 4 is 23.1 Å². The summed E-state index contributed by atoms with van der Waals surface area (Å²) in [6, 6.07) is 6.24. The van der Waals surface area contributed by atoms with E-state index in [2.05, 4.69) is 0 Å². The average Bonchev–Trinajstić information content (AvgIpc) is 2.38. The summed E-state index contributed by atoms with van der Waals surface area (Å²) in [6.45, 7) is 1.32. The lowest BCUT2D eigenvalue weighted by Gasteiger charge is -2.22. The van der Waals surface area contributed by atoms with Crippen molar-refractivity contribution in [1.82, 2.24) is 4.90 Å². The van der Waals surface area contributed by atoms with Gasteiger partial charge in [0.1, 0.15) is 5.75 Å². The highest BCUT2D eigenvalue weighted by molar-refractivity contribution is 7.80. The third-order valence-electron chi connectivity index (χ3n) is 2.57. The van der Waals surface area contributed by atoms with Crippen molar-refractivity contribution in [3.63, 3.8) is 0 Å². The van der Waals surface area contributed by atoms with Gasteiger partial charge >= 0.3 is 0 Å². The Morgan fingerprint density at radius 2 is 2.21 bits per heavy atom. The van der Waals surface area contributed by atoms with Crippen LogP contribution in [0.15, 0.2) is 24.3 Å². The lowest BCUT2D eigenvalue weighted by molar-refractivity contribution is 0.0701. The highest BCUT2D eigenvalue weighted by Gasteiger charge is 2.15. The van der Waals surface area contributed by atoms with Crippen LogP contribution in [0, 0.1) is 0 Å². The third kappa shape index (κ3) is 5.23. The summed E-state index contributed by atoms with van der Waals surface area (Å²) in [5, 5.41) is 9.40. The smallest absolute Gasteiger partial charge is 0.254 e. The average molecular weight is 282 g/mol. The summed E-state index contributed by atoms with van der Waals surface area (Å²) in [6.07, 6.45) is 0.462. The Labute approximate surface area is 118 Å². The first kappa shape index (κ1) is 15.4. The van der Waals surface area contributed by atoms with E-state index in [1.165, 1.54) is 12.1 Å². The fourth-order valence-corrected chi connectivity index (χ4v) is 1.67. The molecule has 1 amide bonds. The van der Waals surface area contributed by atoms with E-state index in [0.717, 1.165) is 0 Å². The number of carbonyl (C=O) groups excluding carboxylic acids is 1. The molecular formula is C13H18N2O3S. The maximum Gasteiger partial charge on any atom is 0.254 e. The van der Waals surface area contributed by atoms with Gasteiger partial charge in [-0.1, -0.05) is 18.3 Å². The third-order valence-corrected chi connectivity index (χ3v) is 2.78. The van der Waals surface area contributed by atoms with E-state index in [9.17, 15) is 9.90 Å². The molecule has 5 nitrogen and oxygen atoms in total. The number of nitrogens with zero attached hydrogens (tertiary/aromatic N) is 1. The second kappa shape index (κ2) is 7.70. The van der Waals surface area contributed by atoms with Crippen LogP contribution in [0.25, 0.3) is 0 Å². The maximum absolute atomic E-state index is 12.3. The molecule has 0 saturated heterocycles. The van der Waals surface area contributed by atoms with Crippen LogP contribution >= 0.6 is 12.2 Å². The van der Waals surface area contributed by atoms with Crippen molar-refractivity contribution in [2.45, 2.75) is 6.42 Å². The van der Waals surface area contributed by atoms with E-state index in [1.54, 1.807) is 24.1 Å². The van der Waals surface area contributed by atoms with Gasteiger partial charge in [0.05, 0.1) is 11.6 Å². The van der Waals surface area contributed by atoms with Crippen LogP contribution in [0.4, 0.5) is 0 Å². The number of benzene rings is 1. The summed E-state index contributed by atoms with van der Waals surface area (Å²) in [4.78, 5) is 14.3. The fraction of sp³-hybridized carbons (Fsp3) is 0.385. The Bertz CT molecular complexity index is 451. The SMILES string of the molecule is COCCN(CCC(N)=S)C(=O)c1cccc(O)c1. The topological polar surface area (TPSA) is 75.8 Å². The zero-order valence-corrected chi connectivity index (χ0v) is 11.7. The highest BCUT2D eigenvalue weighted by atomic mass is 32.1. The summed E-state index contributed by atoms with van der Waals surface area (Å²) in [7, 11) is 1.57. The second-order valence-corrected chi connectivity index (χ2v) is 4.58. The summed E-state index contributed by atoms with van der Waals surface area (Å²) >= 11 is 4.82. The van der Waals surface area contributed by atoms with Gasteiger partial charge in [0.25, 0.3) is 5.91 Å². The predicted octanol–water partition coefficient (Wildman–Crippen LogP) is 1.16. The van der Waals surface area contributed by atoms with Crippen LogP contribution in [0.1, 0.15) is 16.8 Å². The largest absolute Gasteiger partial charge is 0.508 e. The molecule has 0 aliphatic carbocycles. The van der Waals surface area contributed by atoms with Crippen LogP contribution < -0.4 is 5.73 Å². The first-order valence-corrected chi connectivity index (χ1v) is 6.31. The minimum absolute atomic E-state index is 0.0619. The number of thiocarbonyl (C=S) groups is 1. The lowest BCUT2D eigenvalue weighted by atomic mass is 10.2. The molecule has 1 aromatic carbocycles. The number of nitrogens with two attached hydrogens (primary N) is 1. The number of hydrogen-bond acceptors (Lipinski definition) is 4. The molecule has 0 aliphatic rings. The Hall–Kier alpha value is -1.66. The van der Waals surface area contributed by atoms with Gasteiger partial charge < -0.3 is 20.5 Å². The zero-order chi connectivity index (χ0) is 14.3. The molecule has 0 heterocycles. The molecule has 1 aromatic rings. The summed E-state index contributed by atoms with van der Waals surface area (Å²) in [5.41, 5.74) is 5.88. The van der Waals surface area contributed by atoms with Crippen molar-refractivity contribution in [2.75, 3.05) is 26.8 Å². The van der Waals surface area contributed by atoms with Crippen molar-refractivity contribution < 1.29 is 14.6 Å². The molecule has 0 bridgehead atoms. The number of methoxy groups -OCH3 is 1. The van der Waals surface area contributed by atoms with Crippen LogP contribution in [0.5, 0.6) is 5.75 Å². The Morgan fingerprint density at radius 3 is 2.79 bits per heavy atom. The van der Waals surface area contributed by atoms with Crippen LogP contribution in [0.3, 0.4) is 0 Å². The first-order valence-electron chi connectivity index (χ1n) is 5.90. The van der Waals surface area contributed by atoms with E-state index in [-0.39, 0.29) is 11.7 Å². The van der Waals surface area contributed by atoms with E-state index >= 15 is 0 Å². The Kier molecular flexibility index (Phi) is 6.24. The molecular weight excluding hydrogens is 264 g/mol. The minimum atomic E-state index is -0.177. The molecule has 3 N–H and O–H groups in total. The van der Waals surface area contributed by atoms with E-state index in [4.69, 9.17) is 22.7 Å². The predicted molar refractivity (Wildman–Crippen MR) is 77.3 cm³/mol. The number of phenolic OH excluding ortho intramolecular Hbond substituents is 1. The molecule has 0 spiro atoms. The number of aromatic hydroxyl groups is 1. The number of rotatable bonds is 7. The van der Waals surface area contributed by atoms with E-state index < -0.39 is 0 Å². The second-order valence-electron chi connectivity index (χ2n) is 4.05. The van der Waals surface area contributed by atoms with E-state index in [0.29, 0.717) is 36.7 Å². The Balaban J connectivity index is 2.77. The molecule has 0 atom stereocenters. The lowest BCUT2D eigenvalue weighted by Crippen LogP contribution is -2.36. The molecule has 104 valence electrons. The molecule has 0 fully saturated rings. The molecule has 0 saturated carbocycles. The first-order chi connectivity index (χ1) is 9.04. The Morgan fingerprint density at radius 1 is 1.47 bits per heavy atom. The van der Waals surface area contributed by atoms with Crippen molar-refractivity contribution in [2.24, 2.45) is 5.73 Å².